The van der Waals surface area contributed by atoms with E-state index in [1.807, 2.05) is 29.2 Å². The van der Waals surface area contributed by atoms with Crippen LogP contribution >= 0.6 is 0 Å². The minimum absolute atomic E-state index is 0.0380. The topological polar surface area (TPSA) is 86.8 Å². The lowest BCUT2D eigenvalue weighted by Gasteiger charge is -2.35. The number of benzene rings is 1. The Morgan fingerprint density at radius 1 is 1.07 bits per heavy atom. The third kappa shape index (κ3) is 4.23. The van der Waals surface area contributed by atoms with E-state index in [0.717, 1.165) is 11.3 Å². The van der Waals surface area contributed by atoms with Gasteiger partial charge in [0.2, 0.25) is 5.91 Å². The zero-order valence-electron chi connectivity index (χ0n) is 16.4. The number of carbonyl (C=O) groups is 2. The maximum absolute atomic E-state index is 12.9. The summed E-state index contributed by atoms with van der Waals surface area (Å²) in [6.45, 7) is 2.12. The Kier molecular flexibility index (Phi) is 5.73. The van der Waals surface area contributed by atoms with Crippen molar-refractivity contribution in [3.8, 4) is 5.75 Å². The average molecular weight is 395 g/mol. The molecule has 2 fully saturated rings. The summed E-state index contributed by atoms with van der Waals surface area (Å²) in [7, 11) is 1.64. The number of hydrogen-bond acceptors (Lipinski definition) is 6. The van der Waals surface area contributed by atoms with Crippen LogP contribution in [0.4, 0.5) is 0 Å². The lowest BCUT2D eigenvalue weighted by molar-refractivity contribution is -0.134. The second-order valence-corrected chi connectivity index (χ2v) is 7.27. The van der Waals surface area contributed by atoms with Crippen molar-refractivity contribution in [3.63, 3.8) is 0 Å². The fourth-order valence-electron chi connectivity index (χ4n) is 3.82. The van der Waals surface area contributed by atoms with Crippen LogP contribution in [0.1, 0.15) is 28.4 Å². The zero-order chi connectivity index (χ0) is 20.2. The number of nitrogens with one attached hydrogen (secondary N) is 2. The molecule has 2 atom stereocenters. The normalized spacial score (nSPS) is 21.8. The highest BCUT2D eigenvalue weighted by atomic mass is 16.5. The van der Waals surface area contributed by atoms with E-state index in [1.165, 1.54) is 0 Å². The highest BCUT2D eigenvalue weighted by molar-refractivity contribution is 5.94. The van der Waals surface area contributed by atoms with Crippen LogP contribution in [-0.2, 0) is 4.79 Å². The van der Waals surface area contributed by atoms with Crippen LogP contribution in [0.2, 0.25) is 0 Å². The summed E-state index contributed by atoms with van der Waals surface area (Å²) in [6, 6.07) is 11.1. The second kappa shape index (κ2) is 8.59. The Labute approximate surface area is 169 Å². The van der Waals surface area contributed by atoms with Crippen molar-refractivity contribution in [2.75, 3.05) is 33.3 Å². The summed E-state index contributed by atoms with van der Waals surface area (Å²) < 4.78 is 5.29. The molecule has 0 spiro atoms. The van der Waals surface area contributed by atoms with Crippen LogP contribution in [0.5, 0.6) is 5.75 Å². The number of hydrazine groups is 1. The van der Waals surface area contributed by atoms with Gasteiger partial charge in [-0.25, -0.2) is 10.9 Å². The van der Waals surface area contributed by atoms with E-state index >= 15 is 0 Å². The van der Waals surface area contributed by atoms with Crippen LogP contribution in [-0.4, -0.2) is 65.9 Å². The molecule has 0 bridgehead atoms. The molecule has 3 heterocycles. The molecule has 0 aliphatic carbocycles. The average Bonchev–Trinajstić information content (AvgIpc) is 3.29. The molecule has 2 aliphatic rings. The van der Waals surface area contributed by atoms with E-state index in [-0.39, 0.29) is 23.9 Å². The lowest BCUT2D eigenvalue weighted by atomic mass is 10.0. The number of rotatable bonds is 4. The predicted octanol–water partition coefficient (Wildman–Crippen LogP) is 0.982. The molecule has 4 rings (SSSR count). The van der Waals surface area contributed by atoms with E-state index in [4.69, 9.17) is 4.74 Å². The summed E-state index contributed by atoms with van der Waals surface area (Å²) in [5.41, 5.74) is 8.01. The van der Waals surface area contributed by atoms with Gasteiger partial charge in [0.25, 0.3) is 5.91 Å². The molecule has 2 N–H and O–H groups in total. The molecule has 1 aromatic heterocycles. The van der Waals surface area contributed by atoms with E-state index in [2.05, 4.69) is 15.8 Å². The van der Waals surface area contributed by atoms with Gasteiger partial charge >= 0.3 is 0 Å². The summed E-state index contributed by atoms with van der Waals surface area (Å²) in [5, 5.41) is 0. The van der Waals surface area contributed by atoms with Crippen LogP contribution in [0.25, 0.3) is 0 Å². The van der Waals surface area contributed by atoms with Crippen molar-refractivity contribution in [2.24, 2.45) is 0 Å². The lowest BCUT2D eigenvalue weighted by Crippen LogP contribution is -2.54. The molecule has 2 amide bonds. The van der Waals surface area contributed by atoms with Crippen LogP contribution in [0.3, 0.4) is 0 Å². The number of piperazine rings is 1. The Morgan fingerprint density at radius 3 is 2.59 bits per heavy atom. The minimum Gasteiger partial charge on any atom is -0.497 e. The van der Waals surface area contributed by atoms with E-state index in [1.54, 1.807) is 36.5 Å². The van der Waals surface area contributed by atoms with Gasteiger partial charge in [-0.3, -0.25) is 14.6 Å². The largest absolute Gasteiger partial charge is 0.497 e. The Morgan fingerprint density at radius 2 is 1.86 bits per heavy atom. The standard InChI is InChI=1S/C21H25N5O3/c1-29-17-6-2-4-15(12-17)18-13-19(24-23-18)21(28)26-10-8-25(9-11-26)20(27)16-5-3-7-22-14-16/h2-7,12,14,18-19,23-24H,8-11,13H2,1H3. The van der Waals surface area contributed by atoms with Gasteiger partial charge in [-0.1, -0.05) is 12.1 Å². The number of aromatic nitrogens is 1. The van der Waals surface area contributed by atoms with E-state index < -0.39 is 0 Å². The van der Waals surface area contributed by atoms with Gasteiger partial charge < -0.3 is 14.5 Å². The van der Waals surface area contributed by atoms with Crippen LogP contribution < -0.4 is 15.6 Å². The summed E-state index contributed by atoms with van der Waals surface area (Å²) in [5.74, 6) is 0.828. The minimum atomic E-state index is -0.285. The summed E-state index contributed by atoms with van der Waals surface area (Å²) >= 11 is 0. The number of ether oxygens (including phenoxy) is 1. The predicted molar refractivity (Wildman–Crippen MR) is 107 cm³/mol. The molecule has 0 radical (unpaired) electrons. The zero-order valence-corrected chi connectivity index (χ0v) is 16.4. The molecule has 2 aliphatic heterocycles. The molecular weight excluding hydrogens is 370 g/mol. The molecule has 0 saturated carbocycles. The van der Waals surface area contributed by atoms with Crippen LogP contribution in [0, 0.1) is 0 Å². The number of amides is 2. The molecular formula is C21H25N5O3. The SMILES string of the molecule is COc1cccc(C2CC(C(=O)N3CCN(C(=O)c4cccnc4)CC3)NN2)c1. The summed E-state index contributed by atoms with van der Waals surface area (Å²) in [6.07, 6.45) is 3.89. The van der Waals surface area contributed by atoms with Crippen molar-refractivity contribution in [1.82, 2.24) is 25.6 Å². The first kappa shape index (κ1) is 19.4. The Bertz CT molecular complexity index is 868. The monoisotopic (exact) mass is 395 g/mol. The summed E-state index contributed by atoms with van der Waals surface area (Å²) in [4.78, 5) is 33.1. The number of pyridine rings is 1. The first-order valence-corrected chi connectivity index (χ1v) is 9.79. The third-order valence-electron chi connectivity index (χ3n) is 5.48. The molecule has 29 heavy (non-hydrogen) atoms. The van der Waals surface area contributed by atoms with Gasteiger partial charge in [-0.15, -0.1) is 0 Å². The van der Waals surface area contributed by atoms with Gasteiger partial charge in [0.15, 0.2) is 0 Å². The third-order valence-corrected chi connectivity index (χ3v) is 5.48. The second-order valence-electron chi connectivity index (χ2n) is 7.27. The van der Waals surface area contributed by atoms with Gasteiger partial charge in [0.05, 0.1) is 12.7 Å². The molecule has 2 aromatic rings. The molecule has 1 aromatic carbocycles. The van der Waals surface area contributed by atoms with E-state index in [9.17, 15) is 9.59 Å². The maximum Gasteiger partial charge on any atom is 0.255 e. The molecule has 152 valence electrons. The quantitative estimate of drug-likeness (QED) is 0.803. The fourth-order valence-corrected chi connectivity index (χ4v) is 3.82. The molecule has 2 saturated heterocycles. The Balaban J connectivity index is 1.31. The van der Waals surface area contributed by atoms with Crippen molar-refractivity contribution in [3.05, 3.63) is 59.9 Å². The number of nitrogens with zero attached hydrogens (tertiary/aromatic N) is 3. The first-order chi connectivity index (χ1) is 14.2. The molecule has 8 heteroatoms. The van der Waals surface area contributed by atoms with Crippen LogP contribution in [0.15, 0.2) is 48.8 Å². The molecule has 8 nitrogen and oxygen atoms in total. The Hall–Kier alpha value is -2.97. The van der Waals surface area contributed by atoms with Crippen molar-refractivity contribution in [1.29, 1.82) is 0 Å². The number of methoxy groups -OCH3 is 1. The van der Waals surface area contributed by atoms with Crippen molar-refractivity contribution in [2.45, 2.75) is 18.5 Å². The first-order valence-electron chi connectivity index (χ1n) is 9.79. The highest BCUT2D eigenvalue weighted by Gasteiger charge is 2.34. The number of hydrogen-bond donors (Lipinski definition) is 2. The van der Waals surface area contributed by atoms with E-state index in [0.29, 0.717) is 38.2 Å². The highest BCUT2D eigenvalue weighted by Crippen LogP contribution is 2.26. The van der Waals surface area contributed by atoms with Gasteiger partial charge in [-0.05, 0) is 36.2 Å². The van der Waals surface area contributed by atoms with Gasteiger partial charge in [0, 0.05) is 44.6 Å². The fraction of sp³-hybridized carbons (Fsp3) is 0.381. The van der Waals surface area contributed by atoms with Crippen molar-refractivity contribution < 1.29 is 14.3 Å². The number of carbonyl (C=O) groups excluding carboxylic acids is 2. The maximum atomic E-state index is 12.9. The van der Waals surface area contributed by atoms with Crippen molar-refractivity contribution >= 4 is 11.8 Å². The molecule has 2 unspecified atom stereocenters. The van der Waals surface area contributed by atoms with Gasteiger partial charge in [-0.2, -0.15) is 0 Å². The van der Waals surface area contributed by atoms with Gasteiger partial charge in [0.1, 0.15) is 11.8 Å². The smallest absolute Gasteiger partial charge is 0.255 e.